The number of ether oxygens (including phenoxy) is 2. The topological polar surface area (TPSA) is 77.6 Å². The first-order chi connectivity index (χ1) is 10.2. The van der Waals surface area contributed by atoms with Crippen molar-refractivity contribution >= 4 is 0 Å². The number of pyridine rings is 1. The van der Waals surface area contributed by atoms with Gasteiger partial charge in [-0.1, -0.05) is 13.0 Å². The first-order valence-corrected chi connectivity index (χ1v) is 6.85. The zero-order valence-electron chi connectivity index (χ0n) is 12.2. The average molecular weight is 288 g/mol. The summed E-state index contributed by atoms with van der Waals surface area (Å²) in [6.07, 6.45) is 2.48. The summed E-state index contributed by atoms with van der Waals surface area (Å²) in [4.78, 5) is 4.30. The fourth-order valence-corrected chi connectivity index (χ4v) is 1.90. The van der Waals surface area contributed by atoms with Crippen molar-refractivity contribution in [2.75, 3.05) is 7.11 Å². The minimum absolute atomic E-state index is 0.0399. The molecule has 0 aliphatic carbocycles. The Kier molecular flexibility index (Phi) is 5.14. The van der Waals surface area contributed by atoms with E-state index in [4.69, 9.17) is 20.3 Å². The van der Waals surface area contributed by atoms with Crippen molar-refractivity contribution < 1.29 is 14.6 Å². The predicted octanol–water partition coefficient (Wildman–Crippen LogP) is 2.78. The minimum atomic E-state index is -0.0579. The maximum atomic E-state index is 9.13. The van der Waals surface area contributed by atoms with Crippen molar-refractivity contribution in [2.45, 2.75) is 26.0 Å². The third-order valence-corrected chi connectivity index (χ3v) is 3.22. The smallest absolute Gasteiger partial charge is 0.169 e. The van der Waals surface area contributed by atoms with E-state index in [1.807, 2.05) is 19.1 Å². The van der Waals surface area contributed by atoms with Crippen molar-refractivity contribution in [1.29, 1.82) is 0 Å². The highest BCUT2D eigenvalue weighted by molar-refractivity contribution is 5.45. The van der Waals surface area contributed by atoms with E-state index in [9.17, 15) is 0 Å². The number of benzene rings is 1. The summed E-state index contributed by atoms with van der Waals surface area (Å²) < 4.78 is 11.0. The minimum Gasteiger partial charge on any atom is -0.493 e. The lowest BCUT2D eigenvalue weighted by molar-refractivity contribution is 0.280. The molecule has 0 saturated heterocycles. The third-order valence-electron chi connectivity index (χ3n) is 3.22. The molecule has 0 bridgehead atoms. The second-order valence-electron chi connectivity index (χ2n) is 4.68. The highest BCUT2D eigenvalue weighted by atomic mass is 16.5. The molecule has 0 aliphatic rings. The third kappa shape index (κ3) is 3.71. The summed E-state index contributed by atoms with van der Waals surface area (Å²) in [5.74, 6) is 1.75. The maximum absolute atomic E-state index is 9.13. The van der Waals surface area contributed by atoms with Crippen molar-refractivity contribution in [1.82, 2.24) is 4.98 Å². The van der Waals surface area contributed by atoms with Crippen LogP contribution in [0.3, 0.4) is 0 Å². The molecule has 112 valence electrons. The zero-order chi connectivity index (χ0) is 15.2. The molecule has 2 aromatic rings. The van der Waals surface area contributed by atoms with Crippen molar-refractivity contribution in [3.63, 3.8) is 0 Å². The van der Waals surface area contributed by atoms with E-state index < -0.39 is 0 Å². The molecule has 0 aliphatic heterocycles. The first kappa shape index (κ1) is 15.3. The van der Waals surface area contributed by atoms with Crippen molar-refractivity contribution in [3.8, 4) is 17.2 Å². The molecule has 0 spiro atoms. The Morgan fingerprint density at radius 2 is 2.05 bits per heavy atom. The summed E-state index contributed by atoms with van der Waals surface area (Å²) in [6, 6.07) is 8.92. The van der Waals surface area contributed by atoms with Crippen LogP contribution in [-0.4, -0.2) is 17.2 Å². The molecule has 5 nitrogen and oxygen atoms in total. The number of rotatable bonds is 6. The SMILES string of the molecule is CC[C@H](N)c1ccc(Oc2ccc(CO)cc2OC)cn1. The number of aliphatic hydroxyl groups excluding tert-OH is 1. The van der Waals surface area contributed by atoms with Gasteiger partial charge in [-0.3, -0.25) is 4.98 Å². The zero-order valence-corrected chi connectivity index (χ0v) is 12.2. The largest absolute Gasteiger partial charge is 0.493 e. The number of nitrogens with two attached hydrogens (primary N) is 1. The molecule has 1 heterocycles. The summed E-state index contributed by atoms with van der Waals surface area (Å²) in [5.41, 5.74) is 7.53. The average Bonchev–Trinajstić information content (AvgIpc) is 2.55. The van der Waals surface area contributed by atoms with E-state index in [-0.39, 0.29) is 12.6 Å². The van der Waals surface area contributed by atoms with Crippen LogP contribution in [0.4, 0.5) is 0 Å². The van der Waals surface area contributed by atoms with Crippen molar-refractivity contribution in [3.05, 3.63) is 47.8 Å². The molecule has 0 unspecified atom stereocenters. The Hall–Kier alpha value is -2.11. The van der Waals surface area contributed by atoms with E-state index in [0.29, 0.717) is 17.2 Å². The van der Waals surface area contributed by atoms with Gasteiger partial charge in [0.2, 0.25) is 0 Å². The van der Waals surface area contributed by atoms with Gasteiger partial charge in [-0.05, 0) is 36.2 Å². The number of aliphatic hydroxyl groups is 1. The second-order valence-corrected chi connectivity index (χ2v) is 4.68. The summed E-state index contributed by atoms with van der Waals surface area (Å²) in [5, 5.41) is 9.13. The molecule has 1 atom stereocenters. The van der Waals surface area contributed by atoms with Crippen LogP contribution < -0.4 is 15.2 Å². The quantitative estimate of drug-likeness (QED) is 0.854. The second kappa shape index (κ2) is 7.06. The molecule has 0 radical (unpaired) electrons. The number of nitrogens with zero attached hydrogens (tertiary/aromatic N) is 1. The van der Waals surface area contributed by atoms with Gasteiger partial charge in [-0.15, -0.1) is 0 Å². The fourth-order valence-electron chi connectivity index (χ4n) is 1.90. The van der Waals surface area contributed by atoms with Crippen LogP contribution in [0.1, 0.15) is 30.6 Å². The summed E-state index contributed by atoms with van der Waals surface area (Å²) in [6.45, 7) is 1.98. The van der Waals surface area contributed by atoms with Gasteiger partial charge in [0.05, 0.1) is 25.6 Å². The molecule has 5 heteroatoms. The first-order valence-electron chi connectivity index (χ1n) is 6.85. The van der Waals surface area contributed by atoms with Gasteiger partial charge < -0.3 is 20.3 Å². The highest BCUT2D eigenvalue weighted by Gasteiger charge is 2.09. The molecule has 21 heavy (non-hydrogen) atoms. The van der Waals surface area contributed by atoms with Gasteiger partial charge >= 0.3 is 0 Å². The van der Waals surface area contributed by atoms with Crippen molar-refractivity contribution in [2.24, 2.45) is 5.73 Å². The number of methoxy groups -OCH3 is 1. The van der Waals surface area contributed by atoms with E-state index in [1.165, 1.54) is 0 Å². The molecule has 0 fully saturated rings. The van der Waals surface area contributed by atoms with Crippen LogP contribution >= 0.6 is 0 Å². The fraction of sp³-hybridized carbons (Fsp3) is 0.312. The molecule has 2 rings (SSSR count). The summed E-state index contributed by atoms with van der Waals surface area (Å²) >= 11 is 0. The molecule has 3 N–H and O–H groups in total. The predicted molar refractivity (Wildman–Crippen MR) is 80.4 cm³/mol. The maximum Gasteiger partial charge on any atom is 0.169 e. The van der Waals surface area contributed by atoms with E-state index in [1.54, 1.807) is 31.5 Å². The van der Waals surface area contributed by atoms with Gasteiger partial charge in [0.15, 0.2) is 11.5 Å². The molecule has 1 aromatic carbocycles. The molecular weight excluding hydrogens is 268 g/mol. The Morgan fingerprint density at radius 1 is 1.24 bits per heavy atom. The number of hydrogen-bond acceptors (Lipinski definition) is 5. The van der Waals surface area contributed by atoms with Gasteiger partial charge in [0.25, 0.3) is 0 Å². The number of hydrogen-bond donors (Lipinski definition) is 2. The standard InChI is InChI=1S/C16H20N2O3/c1-3-13(17)14-6-5-12(9-18-14)21-15-7-4-11(10-19)8-16(15)20-2/h4-9,13,19H,3,10,17H2,1-2H3/t13-/m0/s1. The lowest BCUT2D eigenvalue weighted by atomic mass is 10.1. The highest BCUT2D eigenvalue weighted by Crippen LogP contribution is 2.32. The van der Waals surface area contributed by atoms with Crippen LogP contribution in [-0.2, 0) is 6.61 Å². The van der Waals surface area contributed by atoms with E-state index >= 15 is 0 Å². The van der Waals surface area contributed by atoms with E-state index in [0.717, 1.165) is 17.7 Å². The molecule has 0 saturated carbocycles. The van der Waals surface area contributed by atoms with Crippen LogP contribution in [0, 0.1) is 0 Å². The van der Waals surface area contributed by atoms with Crippen LogP contribution in [0.15, 0.2) is 36.5 Å². The van der Waals surface area contributed by atoms with Gasteiger partial charge in [-0.2, -0.15) is 0 Å². The molecular formula is C16H20N2O3. The van der Waals surface area contributed by atoms with Gasteiger partial charge in [0, 0.05) is 6.04 Å². The summed E-state index contributed by atoms with van der Waals surface area (Å²) in [7, 11) is 1.56. The van der Waals surface area contributed by atoms with Crippen LogP contribution in [0.25, 0.3) is 0 Å². The normalized spacial score (nSPS) is 12.0. The monoisotopic (exact) mass is 288 g/mol. The Bertz CT molecular complexity index is 585. The lowest BCUT2D eigenvalue weighted by Crippen LogP contribution is -2.10. The van der Waals surface area contributed by atoms with Gasteiger partial charge in [0.1, 0.15) is 5.75 Å². The van der Waals surface area contributed by atoms with E-state index in [2.05, 4.69) is 4.98 Å². The molecule has 0 amide bonds. The van der Waals surface area contributed by atoms with Gasteiger partial charge in [-0.25, -0.2) is 0 Å². The van der Waals surface area contributed by atoms with Crippen LogP contribution in [0.5, 0.6) is 17.2 Å². The number of aromatic nitrogens is 1. The lowest BCUT2D eigenvalue weighted by Gasteiger charge is -2.12. The Balaban J connectivity index is 2.18. The Labute approximate surface area is 124 Å². The van der Waals surface area contributed by atoms with Crippen LogP contribution in [0.2, 0.25) is 0 Å². The molecule has 1 aromatic heterocycles. The Morgan fingerprint density at radius 3 is 2.62 bits per heavy atom.